The second kappa shape index (κ2) is 6.38. The number of halogens is 2. The van der Waals surface area contributed by atoms with E-state index in [2.05, 4.69) is 22.5 Å². The van der Waals surface area contributed by atoms with Gasteiger partial charge in [-0.3, -0.25) is 0 Å². The molecule has 0 radical (unpaired) electrons. The molecule has 2 rings (SSSR count). The first-order chi connectivity index (χ1) is 9.19. The molecule has 0 amide bonds. The maximum atomic E-state index is 13.6. The molecule has 19 heavy (non-hydrogen) atoms. The van der Waals surface area contributed by atoms with Gasteiger partial charge in [-0.25, -0.2) is 9.37 Å². The molecule has 0 aliphatic heterocycles. The Labute approximate surface area is 116 Å². The maximum Gasteiger partial charge on any atom is 0.146 e. The molecule has 1 aromatic heterocycles. The van der Waals surface area contributed by atoms with E-state index in [1.165, 1.54) is 18.2 Å². The lowest BCUT2D eigenvalue weighted by Crippen LogP contribution is -2.03. The number of nitrogens with one attached hydrogen (secondary N) is 2. The minimum Gasteiger partial charge on any atom is -0.370 e. The Morgan fingerprint density at radius 1 is 1.21 bits per heavy atom. The van der Waals surface area contributed by atoms with Crippen molar-refractivity contribution in [3.63, 3.8) is 0 Å². The van der Waals surface area contributed by atoms with Crippen LogP contribution in [0.2, 0.25) is 5.02 Å². The van der Waals surface area contributed by atoms with Gasteiger partial charge >= 0.3 is 0 Å². The average Bonchev–Trinajstić information content (AvgIpc) is 2.41. The second-order valence-electron chi connectivity index (χ2n) is 4.08. The highest BCUT2D eigenvalue weighted by Crippen LogP contribution is 2.23. The number of pyridine rings is 1. The van der Waals surface area contributed by atoms with Crippen LogP contribution in [0, 0.1) is 5.82 Å². The Hall–Kier alpha value is -1.81. The van der Waals surface area contributed by atoms with Crippen LogP contribution in [0.25, 0.3) is 0 Å². The molecule has 1 heterocycles. The third-order valence-corrected chi connectivity index (χ3v) is 2.73. The van der Waals surface area contributed by atoms with Gasteiger partial charge in [0.15, 0.2) is 0 Å². The highest BCUT2D eigenvalue weighted by atomic mass is 35.5. The Morgan fingerprint density at radius 2 is 2.00 bits per heavy atom. The summed E-state index contributed by atoms with van der Waals surface area (Å²) in [4.78, 5) is 4.34. The first kappa shape index (κ1) is 13.6. The normalized spacial score (nSPS) is 10.3. The van der Waals surface area contributed by atoms with Crippen LogP contribution in [-0.4, -0.2) is 11.5 Å². The van der Waals surface area contributed by atoms with Gasteiger partial charge in [0.05, 0.1) is 5.69 Å². The van der Waals surface area contributed by atoms with E-state index in [0.29, 0.717) is 16.5 Å². The van der Waals surface area contributed by atoms with Crippen LogP contribution in [-0.2, 0) is 0 Å². The lowest BCUT2D eigenvalue weighted by atomic mass is 10.3. The van der Waals surface area contributed by atoms with E-state index in [1.807, 2.05) is 12.1 Å². The lowest BCUT2D eigenvalue weighted by molar-refractivity contribution is 0.632. The average molecular weight is 280 g/mol. The van der Waals surface area contributed by atoms with Crippen molar-refractivity contribution in [2.24, 2.45) is 0 Å². The molecule has 0 unspecified atom stereocenters. The molecule has 2 N–H and O–H groups in total. The first-order valence-corrected chi connectivity index (χ1v) is 6.50. The maximum absolute atomic E-state index is 13.6. The number of nitrogens with zero attached hydrogens (tertiary/aromatic N) is 1. The third kappa shape index (κ3) is 3.83. The molecule has 3 nitrogen and oxygen atoms in total. The number of benzene rings is 1. The molecular weight excluding hydrogens is 265 g/mol. The predicted octanol–water partition coefficient (Wildman–Crippen LogP) is 4.44. The standard InChI is InChI=1S/C14H15ClFN3/c1-2-8-17-13-4-3-5-14(19-13)18-12-9-10(15)6-7-11(12)16/h3-7,9H,2,8H2,1H3,(H2,17,18,19). The van der Waals surface area contributed by atoms with Crippen LogP contribution < -0.4 is 10.6 Å². The fourth-order valence-corrected chi connectivity index (χ4v) is 1.76. The Kier molecular flexibility index (Phi) is 4.58. The van der Waals surface area contributed by atoms with Gasteiger partial charge < -0.3 is 10.6 Å². The van der Waals surface area contributed by atoms with Crippen LogP contribution in [0.3, 0.4) is 0 Å². The molecule has 0 atom stereocenters. The number of aromatic nitrogens is 1. The van der Waals surface area contributed by atoms with Gasteiger partial charge in [0.25, 0.3) is 0 Å². The molecule has 2 aromatic rings. The van der Waals surface area contributed by atoms with Gasteiger partial charge in [0.1, 0.15) is 17.5 Å². The Morgan fingerprint density at radius 3 is 2.79 bits per heavy atom. The van der Waals surface area contributed by atoms with Gasteiger partial charge in [-0.05, 0) is 36.8 Å². The van der Waals surface area contributed by atoms with E-state index in [-0.39, 0.29) is 5.82 Å². The summed E-state index contributed by atoms with van der Waals surface area (Å²) in [5.74, 6) is 0.967. The third-order valence-electron chi connectivity index (χ3n) is 2.50. The van der Waals surface area contributed by atoms with E-state index < -0.39 is 0 Å². The van der Waals surface area contributed by atoms with Crippen molar-refractivity contribution in [2.45, 2.75) is 13.3 Å². The summed E-state index contributed by atoms with van der Waals surface area (Å²) in [6, 6.07) is 9.87. The fraction of sp³-hybridized carbons (Fsp3) is 0.214. The summed E-state index contributed by atoms with van der Waals surface area (Å²) >= 11 is 5.84. The molecule has 1 aromatic carbocycles. The first-order valence-electron chi connectivity index (χ1n) is 6.12. The van der Waals surface area contributed by atoms with E-state index >= 15 is 0 Å². The van der Waals surface area contributed by atoms with E-state index in [0.717, 1.165) is 18.8 Å². The van der Waals surface area contributed by atoms with Crippen molar-refractivity contribution >= 4 is 28.9 Å². The summed E-state index contributed by atoms with van der Waals surface area (Å²) in [6.07, 6.45) is 1.02. The monoisotopic (exact) mass is 279 g/mol. The van der Waals surface area contributed by atoms with E-state index in [9.17, 15) is 4.39 Å². The van der Waals surface area contributed by atoms with Crippen molar-refractivity contribution in [2.75, 3.05) is 17.2 Å². The minimum absolute atomic E-state index is 0.313. The van der Waals surface area contributed by atoms with Crippen molar-refractivity contribution in [1.82, 2.24) is 4.98 Å². The molecule has 0 fully saturated rings. The molecule has 0 saturated heterocycles. The summed E-state index contributed by atoms with van der Waals surface area (Å²) in [7, 11) is 0. The van der Waals surface area contributed by atoms with Crippen LogP contribution in [0.15, 0.2) is 36.4 Å². The Balaban J connectivity index is 2.16. The summed E-state index contributed by atoms with van der Waals surface area (Å²) in [5.41, 5.74) is 0.313. The number of hydrogen-bond acceptors (Lipinski definition) is 3. The van der Waals surface area contributed by atoms with Gasteiger partial charge in [-0.1, -0.05) is 24.6 Å². The van der Waals surface area contributed by atoms with E-state index in [4.69, 9.17) is 11.6 Å². The van der Waals surface area contributed by atoms with Crippen LogP contribution in [0.5, 0.6) is 0 Å². The van der Waals surface area contributed by atoms with E-state index in [1.54, 1.807) is 6.07 Å². The second-order valence-corrected chi connectivity index (χ2v) is 4.52. The smallest absolute Gasteiger partial charge is 0.146 e. The van der Waals surface area contributed by atoms with Gasteiger partial charge in [-0.15, -0.1) is 0 Å². The van der Waals surface area contributed by atoms with Gasteiger partial charge in [-0.2, -0.15) is 0 Å². The Bertz CT molecular complexity index is 560. The summed E-state index contributed by atoms with van der Waals surface area (Å²) < 4.78 is 13.6. The van der Waals surface area contributed by atoms with Crippen molar-refractivity contribution in [3.8, 4) is 0 Å². The zero-order valence-electron chi connectivity index (χ0n) is 10.6. The predicted molar refractivity (Wildman–Crippen MR) is 77.7 cm³/mol. The van der Waals surface area contributed by atoms with Crippen molar-refractivity contribution in [3.05, 3.63) is 47.2 Å². The van der Waals surface area contributed by atoms with Crippen LogP contribution in [0.1, 0.15) is 13.3 Å². The zero-order valence-corrected chi connectivity index (χ0v) is 11.3. The summed E-state index contributed by atoms with van der Waals surface area (Å²) in [6.45, 7) is 2.93. The molecule has 0 bridgehead atoms. The quantitative estimate of drug-likeness (QED) is 0.849. The molecule has 5 heteroatoms. The topological polar surface area (TPSA) is 37.0 Å². The highest BCUT2D eigenvalue weighted by molar-refractivity contribution is 6.30. The number of rotatable bonds is 5. The van der Waals surface area contributed by atoms with Crippen LogP contribution in [0.4, 0.5) is 21.7 Å². The van der Waals surface area contributed by atoms with Crippen molar-refractivity contribution in [1.29, 1.82) is 0 Å². The fourth-order valence-electron chi connectivity index (χ4n) is 1.59. The molecular formula is C14H15ClFN3. The number of anilines is 3. The largest absolute Gasteiger partial charge is 0.370 e. The molecule has 100 valence electrons. The lowest BCUT2D eigenvalue weighted by Gasteiger charge is -2.09. The van der Waals surface area contributed by atoms with Gasteiger partial charge in [0, 0.05) is 11.6 Å². The highest BCUT2D eigenvalue weighted by Gasteiger charge is 2.04. The zero-order chi connectivity index (χ0) is 13.7. The van der Waals surface area contributed by atoms with Crippen molar-refractivity contribution < 1.29 is 4.39 Å². The van der Waals surface area contributed by atoms with Gasteiger partial charge in [0.2, 0.25) is 0 Å². The molecule has 0 saturated carbocycles. The molecule has 0 spiro atoms. The number of hydrogen-bond donors (Lipinski definition) is 2. The molecule has 0 aliphatic carbocycles. The summed E-state index contributed by atoms with van der Waals surface area (Å²) in [5, 5.41) is 6.57. The van der Waals surface area contributed by atoms with Crippen LogP contribution >= 0.6 is 11.6 Å². The minimum atomic E-state index is -0.363. The SMILES string of the molecule is CCCNc1cccc(Nc2cc(Cl)ccc2F)n1. The molecule has 0 aliphatic rings.